The number of aromatic nitrogens is 3. The predicted octanol–water partition coefficient (Wildman–Crippen LogP) is 2.33. The smallest absolute Gasteiger partial charge is 0.475 e. The van der Waals surface area contributed by atoms with Crippen LogP contribution < -0.4 is 5.32 Å². The van der Waals surface area contributed by atoms with E-state index in [0.29, 0.717) is 12.5 Å². The first-order chi connectivity index (χ1) is 14.7. The van der Waals surface area contributed by atoms with Crippen molar-refractivity contribution in [1.29, 1.82) is 0 Å². The Morgan fingerprint density at radius 3 is 2.06 bits per heavy atom. The minimum atomic E-state index is -5.08. The lowest BCUT2D eigenvalue weighted by atomic mass is 10.1. The van der Waals surface area contributed by atoms with Gasteiger partial charge in [0, 0.05) is 37.5 Å². The molecule has 0 bridgehead atoms. The van der Waals surface area contributed by atoms with Gasteiger partial charge in [0.25, 0.3) is 0 Å². The molecule has 0 aromatic carbocycles. The van der Waals surface area contributed by atoms with Gasteiger partial charge in [-0.2, -0.15) is 26.3 Å². The molecule has 2 aromatic rings. The fourth-order valence-corrected chi connectivity index (χ4v) is 2.09. The third kappa shape index (κ3) is 9.15. The standard InChI is InChI=1S/C12H15N5O.2C2HF3O2/c1-17-6-3-11-9(8-17)10(16-18-11)7-15-12-13-4-2-5-14-12;2*3-2(4,5)1(6)7/h2,4-5H,3,6-8H2,1H3,(H,13,14,15);2*(H,6,7). The van der Waals surface area contributed by atoms with Crippen molar-refractivity contribution in [3.8, 4) is 0 Å². The molecule has 1 aliphatic rings. The summed E-state index contributed by atoms with van der Waals surface area (Å²) >= 11 is 0. The second kappa shape index (κ2) is 11.3. The van der Waals surface area contributed by atoms with Gasteiger partial charge in [-0.1, -0.05) is 5.16 Å². The summed E-state index contributed by atoms with van der Waals surface area (Å²) in [6.07, 6.45) is -5.82. The summed E-state index contributed by atoms with van der Waals surface area (Å²) in [4.78, 5) is 28.3. The topological polar surface area (TPSA) is 142 Å². The molecule has 3 rings (SSSR count). The number of hydrogen-bond acceptors (Lipinski definition) is 8. The number of carbonyl (C=O) groups is 2. The number of hydrogen-bond donors (Lipinski definition) is 3. The first-order valence-electron chi connectivity index (χ1n) is 8.47. The Morgan fingerprint density at radius 2 is 1.59 bits per heavy atom. The largest absolute Gasteiger partial charge is 0.490 e. The molecule has 0 saturated carbocycles. The van der Waals surface area contributed by atoms with Crippen LogP contribution in [0.5, 0.6) is 0 Å². The van der Waals surface area contributed by atoms with E-state index < -0.39 is 24.3 Å². The van der Waals surface area contributed by atoms with E-state index in [4.69, 9.17) is 24.3 Å². The third-order valence-corrected chi connectivity index (χ3v) is 3.56. The second-order valence-electron chi connectivity index (χ2n) is 6.05. The van der Waals surface area contributed by atoms with Crippen molar-refractivity contribution in [1.82, 2.24) is 20.0 Å². The Kier molecular flexibility index (Phi) is 9.36. The van der Waals surface area contributed by atoms with Crippen LogP contribution >= 0.6 is 0 Å². The SMILES string of the molecule is CN1CCc2onc(CNc3ncccn3)c2C1.O=C(O)C(F)(F)F.O=C(O)C(F)(F)F. The molecule has 0 fully saturated rings. The number of likely N-dealkylation sites (N-methyl/N-ethyl adjacent to an activating group) is 1. The number of alkyl halides is 6. The van der Waals surface area contributed by atoms with Gasteiger partial charge in [0.05, 0.1) is 6.54 Å². The number of nitrogens with one attached hydrogen (secondary N) is 1. The Morgan fingerprint density at radius 1 is 1.09 bits per heavy atom. The molecule has 0 unspecified atom stereocenters. The number of fused-ring (bicyclic) bond motifs is 1. The lowest BCUT2D eigenvalue weighted by Gasteiger charge is -2.21. The lowest BCUT2D eigenvalue weighted by molar-refractivity contribution is -0.193. The first-order valence-corrected chi connectivity index (χ1v) is 8.47. The Bertz CT molecular complexity index is 864. The average Bonchev–Trinajstić information content (AvgIpc) is 3.09. The first kappa shape index (κ1) is 26.6. The zero-order chi connectivity index (χ0) is 24.5. The van der Waals surface area contributed by atoms with Gasteiger partial charge < -0.3 is 25.0 Å². The minimum absolute atomic E-state index is 0.594. The summed E-state index contributed by atoms with van der Waals surface area (Å²) in [6, 6.07) is 1.79. The van der Waals surface area contributed by atoms with E-state index in [9.17, 15) is 26.3 Å². The zero-order valence-electron chi connectivity index (χ0n) is 16.2. The molecule has 16 heteroatoms. The fraction of sp³-hybridized carbons (Fsp3) is 0.438. The second-order valence-corrected chi connectivity index (χ2v) is 6.05. The molecule has 0 radical (unpaired) electrons. The van der Waals surface area contributed by atoms with Crippen molar-refractivity contribution >= 4 is 17.9 Å². The number of aliphatic carboxylic acids is 2. The van der Waals surface area contributed by atoms with Crippen LogP contribution in [0.25, 0.3) is 0 Å². The summed E-state index contributed by atoms with van der Waals surface area (Å²) < 4.78 is 68.8. The molecular weight excluding hydrogens is 456 g/mol. The number of anilines is 1. The number of halogens is 6. The van der Waals surface area contributed by atoms with Crippen LogP contribution in [0.15, 0.2) is 23.0 Å². The van der Waals surface area contributed by atoms with Crippen LogP contribution in [0.3, 0.4) is 0 Å². The molecule has 3 N–H and O–H groups in total. The maximum Gasteiger partial charge on any atom is 0.490 e. The van der Waals surface area contributed by atoms with Crippen molar-refractivity contribution < 1.29 is 50.7 Å². The summed E-state index contributed by atoms with van der Waals surface area (Å²) in [6.45, 7) is 2.51. The summed E-state index contributed by atoms with van der Waals surface area (Å²) in [5.41, 5.74) is 2.15. The number of carboxylic acid groups (broad SMARTS) is 2. The van der Waals surface area contributed by atoms with Gasteiger partial charge in [-0.05, 0) is 13.1 Å². The molecular formula is C16H17F6N5O5. The fourth-order valence-electron chi connectivity index (χ4n) is 2.09. The monoisotopic (exact) mass is 473 g/mol. The lowest BCUT2D eigenvalue weighted by Crippen LogP contribution is -2.26. The van der Waals surface area contributed by atoms with Crippen LogP contribution in [0.4, 0.5) is 32.3 Å². The molecule has 178 valence electrons. The summed E-state index contributed by atoms with van der Waals surface area (Å²) in [7, 11) is 2.10. The summed E-state index contributed by atoms with van der Waals surface area (Å²) in [5.74, 6) is -3.89. The maximum atomic E-state index is 10.6. The molecule has 10 nitrogen and oxygen atoms in total. The normalized spacial score (nSPS) is 13.6. The minimum Gasteiger partial charge on any atom is -0.475 e. The van der Waals surface area contributed by atoms with E-state index in [1.165, 1.54) is 5.56 Å². The third-order valence-electron chi connectivity index (χ3n) is 3.56. The highest BCUT2D eigenvalue weighted by Gasteiger charge is 2.38. The molecule has 32 heavy (non-hydrogen) atoms. The van der Waals surface area contributed by atoms with E-state index in [0.717, 1.165) is 31.0 Å². The van der Waals surface area contributed by atoms with Gasteiger partial charge in [0.15, 0.2) is 0 Å². The molecule has 3 heterocycles. The van der Waals surface area contributed by atoms with Gasteiger partial charge in [0.2, 0.25) is 5.95 Å². The van der Waals surface area contributed by atoms with Crippen LogP contribution in [0.1, 0.15) is 17.0 Å². The number of carboxylic acids is 2. The molecule has 2 aromatic heterocycles. The van der Waals surface area contributed by atoms with E-state index in [2.05, 4.69) is 32.4 Å². The summed E-state index contributed by atoms with van der Waals surface area (Å²) in [5, 5.41) is 21.5. The molecule has 0 aliphatic carbocycles. The number of nitrogens with zero attached hydrogens (tertiary/aromatic N) is 4. The number of rotatable bonds is 3. The molecule has 0 spiro atoms. The van der Waals surface area contributed by atoms with Gasteiger partial charge in [0.1, 0.15) is 11.5 Å². The highest BCUT2D eigenvalue weighted by atomic mass is 19.4. The maximum absolute atomic E-state index is 10.6. The Labute approximate surface area is 175 Å². The van der Waals surface area contributed by atoms with E-state index in [1.807, 2.05) is 0 Å². The molecule has 0 amide bonds. The average molecular weight is 473 g/mol. The van der Waals surface area contributed by atoms with Crippen LogP contribution in [-0.4, -0.2) is 68.1 Å². The highest BCUT2D eigenvalue weighted by molar-refractivity contribution is 5.73. The quantitative estimate of drug-likeness (QED) is 0.569. The van der Waals surface area contributed by atoms with Crippen molar-refractivity contribution in [2.75, 3.05) is 18.9 Å². The van der Waals surface area contributed by atoms with E-state index >= 15 is 0 Å². The van der Waals surface area contributed by atoms with Gasteiger partial charge in [-0.25, -0.2) is 19.6 Å². The van der Waals surface area contributed by atoms with Crippen LogP contribution in [-0.2, 0) is 29.1 Å². The van der Waals surface area contributed by atoms with Gasteiger partial charge >= 0.3 is 24.3 Å². The van der Waals surface area contributed by atoms with Crippen LogP contribution in [0, 0.1) is 0 Å². The molecule has 1 aliphatic heterocycles. The van der Waals surface area contributed by atoms with Gasteiger partial charge in [-0.15, -0.1) is 0 Å². The highest BCUT2D eigenvalue weighted by Crippen LogP contribution is 2.21. The van der Waals surface area contributed by atoms with E-state index in [-0.39, 0.29) is 0 Å². The van der Waals surface area contributed by atoms with Crippen molar-refractivity contribution in [2.24, 2.45) is 0 Å². The Balaban J connectivity index is 0.000000305. The molecule has 0 atom stereocenters. The van der Waals surface area contributed by atoms with E-state index in [1.54, 1.807) is 18.5 Å². The zero-order valence-corrected chi connectivity index (χ0v) is 16.2. The van der Waals surface area contributed by atoms with Crippen molar-refractivity contribution in [3.63, 3.8) is 0 Å². The Hall–Kier alpha value is -3.43. The molecule has 0 saturated heterocycles. The van der Waals surface area contributed by atoms with Crippen molar-refractivity contribution in [2.45, 2.75) is 31.9 Å². The van der Waals surface area contributed by atoms with Crippen molar-refractivity contribution in [3.05, 3.63) is 35.5 Å². The van der Waals surface area contributed by atoms with Gasteiger partial charge in [-0.3, -0.25) is 0 Å². The van der Waals surface area contributed by atoms with Crippen LogP contribution in [0.2, 0.25) is 0 Å². The predicted molar refractivity (Wildman–Crippen MR) is 93.3 cm³/mol.